The van der Waals surface area contributed by atoms with E-state index < -0.39 is 0 Å². The van der Waals surface area contributed by atoms with Gasteiger partial charge in [0.15, 0.2) is 11.5 Å². The molecule has 1 aliphatic rings. The molecule has 0 aliphatic carbocycles. The molecule has 0 amide bonds. The Balaban J connectivity index is 0.000000561. The molecule has 0 atom stereocenters. The van der Waals surface area contributed by atoms with E-state index in [1.807, 2.05) is 26.8 Å². The molecule has 1 rings (SSSR count). The lowest BCUT2D eigenvalue weighted by molar-refractivity contribution is 0.0976. The molecule has 0 aromatic carbocycles. The van der Waals surface area contributed by atoms with Crippen molar-refractivity contribution in [1.82, 2.24) is 0 Å². The second kappa shape index (κ2) is 6.53. The maximum Gasteiger partial charge on any atom is 0.231 e. The van der Waals surface area contributed by atoms with E-state index in [4.69, 9.17) is 9.47 Å². The van der Waals surface area contributed by atoms with Crippen LogP contribution in [-0.2, 0) is 9.47 Å². The minimum absolute atomic E-state index is 0.319. The van der Waals surface area contributed by atoms with Gasteiger partial charge in [0.2, 0.25) is 6.79 Å². The van der Waals surface area contributed by atoms with E-state index in [9.17, 15) is 0 Å². The van der Waals surface area contributed by atoms with Crippen molar-refractivity contribution in [3.8, 4) is 0 Å². The zero-order chi connectivity index (χ0) is 9.40. The minimum Gasteiger partial charge on any atom is -0.454 e. The van der Waals surface area contributed by atoms with Crippen molar-refractivity contribution < 1.29 is 9.47 Å². The second-order valence-corrected chi connectivity index (χ2v) is 1.83. The summed E-state index contributed by atoms with van der Waals surface area (Å²) in [5.41, 5.74) is 0. The van der Waals surface area contributed by atoms with Gasteiger partial charge in [0.1, 0.15) is 0 Å². The van der Waals surface area contributed by atoms with E-state index in [1.165, 1.54) is 0 Å². The molecule has 0 N–H and O–H groups in total. The Morgan fingerprint density at radius 3 is 2.33 bits per heavy atom. The van der Waals surface area contributed by atoms with Crippen molar-refractivity contribution in [3.05, 3.63) is 36.3 Å². The third-order valence-electron chi connectivity index (χ3n) is 1.20. The quantitative estimate of drug-likeness (QED) is 0.599. The summed E-state index contributed by atoms with van der Waals surface area (Å²) >= 11 is 0. The minimum atomic E-state index is 0.319. The molecular formula is C10H16O2. The van der Waals surface area contributed by atoms with Gasteiger partial charge in [0.25, 0.3) is 0 Å². The van der Waals surface area contributed by atoms with Crippen LogP contribution in [0, 0.1) is 0 Å². The van der Waals surface area contributed by atoms with Crippen LogP contribution >= 0.6 is 0 Å². The lowest BCUT2D eigenvalue weighted by Gasteiger charge is -1.91. The first-order valence-corrected chi connectivity index (χ1v) is 4.13. The molecule has 0 bridgehead atoms. The first kappa shape index (κ1) is 10.8. The van der Waals surface area contributed by atoms with Crippen molar-refractivity contribution in [2.24, 2.45) is 0 Å². The SMILES string of the molecule is C=C/C=C1/OCO/C1=C/C.CC. The lowest BCUT2D eigenvalue weighted by Crippen LogP contribution is -1.79. The maximum absolute atomic E-state index is 5.10. The Morgan fingerprint density at radius 1 is 1.25 bits per heavy atom. The van der Waals surface area contributed by atoms with E-state index in [2.05, 4.69) is 6.58 Å². The summed E-state index contributed by atoms with van der Waals surface area (Å²) in [6.07, 6.45) is 5.32. The van der Waals surface area contributed by atoms with Gasteiger partial charge in [0.05, 0.1) is 0 Å². The maximum atomic E-state index is 5.10. The molecule has 68 valence electrons. The summed E-state index contributed by atoms with van der Waals surface area (Å²) in [5, 5.41) is 0. The highest BCUT2D eigenvalue weighted by molar-refractivity contribution is 5.24. The second-order valence-electron chi connectivity index (χ2n) is 1.83. The number of allylic oxidation sites excluding steroid dienone is 3. The Morgan fingerprint density at radius 2 is 1.83 bits per heavy atom. The predicted octanol–water partition coefficient (Wildman–Crippen LogP) is 2.99. The lowest BCUT2D eigenvalue weighted by atomic mass is 10.3. The van der Waals surface area contributed by atoms with Gasteiger partial charge in [-0.05, 0) is 19.1 Å². The van der Waals surface area contributed by atoms with Crippen LogP contribution in [0.2, 0.25) is 0 Å². The van der Waals surface area contributed by atoms with Gasteiger partial charge in [-0.1, -0.05) is 26.5 Å². The first-order valence-electron chi connectivity index (χ1n) is 4.13. The van der Waals surface area contributed by atoms with Gasteiger partial charge in [-0.2, -0.15) is 0 Å². The third-order valence-corrected chi connectivity index (χ3v) is 1.20. The van der Waals surface area contributed by atoms with E-state index in [1.54, 1.807) is 12.2 Å². The van der Waals surface area contributed by atoms with Crippen molar-refractivity contribution in [2.75, 3.05) is 6.79 Å². The summed E-state index contributed by atoms with van der Waals surface area (Å²) in [6, 6.07) is 0. The summed E-state index contributed by atoms with van der Waals surface area (Å²) in [7, 11) is 0. The average Bonchev–Trinajstić information content (AvgIpc) is 2.56. The Hall–Kier alpha value is -1.18. The van der Waals surface area contributed by atoms with Gasteiger partial charge < -0.3 is 9.47 Å². The standard InChI is InChI=1S/C8H10O2.C2H6/c1-3-5-8-7(4-2)9-6-10-8;1-2/h3-5H,1,6H2,2H3;1-2H3/b7-4+,8-5+;. The smallest absolute Gasteiger partial charge is 0.231 e. The fourth-order valence-corrected chi connectivity index (χ4v) is 0.762. The molecule has 0 aromatic heterocycles. The number of hydrogen-bond donors (Lipinski definition) is 0. The fourth-order valence-electron chi connectivity index (χ4n) is 0.762. The molecule has 1 fully saturated rings. The van der Waals surface area contributed by atoms with Crippen molar-refractivity contribution in [1.29, 1.82) is 0 Å². The third kappa shape index (κ3) is 2.82. The summed E-state index contributed by atoms with van der Waals surface area (Å²) in [6.45, 7) is 9.78. The normalized spacial score (nSPS) is 20.9. The molecule has 0 aromatic rings. The van der Waals surface area contributed by atoms with Crippen LogP contribution in [0.15, 0.2) is 36.3 Å². The van der Waals surface area contributed by atoms with Crippen LogP contribution in [-0.4, -0.2) is 6.79 Å². The molecular weight excluding hydrogens is 152 g/mol. The molecule has 0 saturated carbocycles. The van der Waals surface area contributed by atoms with Crippen molar-refractivity contribution >= 4 is 0 Å². The zero-order valence-corrected chi connectivity index (χ0v) is 7.96. The van der Waals surface area contributed by atoms with E-state index in [0.717, 1.165) is 11.5 Å². The van der Waals surface area contributed by atoms with Crippen molar-refractivity contribution in [3.63, 3.8) is 0 Å². The Kier molecular flexibility index (Phi) is 5.88. The van der Waals surface area contributed by atoms with Crippen LogP contribution in [0.1, 0.15) is 20.8 Å². The average molecular weight is 168 g/mol. The molecule has 2 nitrogen and oxygen atoms in total. The molecule has 1 heterocycles. The van der Waals surface area contributed by atoms with E-state index in [0.29, 0.717) is 6.79 Å². The monoisotopic (exact) mass is 168 g/mol. The topological polar surface area (TPSA) is 18.5 Å². The van der Waals surface area contributed by atoms with Gasteiger partial charge in [-0.3, -0.25) is 0 Å². The predicted molar refractivity (Wildman–Crippen MR) is 50.4 cm³/mol. The Bertz CT molecular complexity index is 190. The summed E-state index contributed by atoms with van der Waals surface area (Å²) < 4.78 is 10.2. The van der Waals surface area contributed by atoms with E-state index >= 15 is 0 Å². The molecule has 2 heteroatoms. The molecule has 1 saturated heterocycles. The Labute approximate surface area is 74.2 Å². The van der Waals surface area contributed by atoms with Crippen LogP contribution in [0.5, 0.6) is 0 Å². The van der Waals surface area contributed by atoms with Gasteiger partial charge in [-0.25, -0.2) is 0 Å². The number of hydrogen-bond acceptors (Lipinski definition) is 2. The van der Waals surface area contributed by atoms with Crippen LogP contribution in [0.4, 0.5) is 0 Å². The highest BCUT2D eigenvalue weighted by atomic mass is 16.7. The molecule has 12 heavy (non-hydrogen) atoms. The zero-order valence-electron chi connectivity index (χ0n) is 7.96. The van der Waals surface area contributed by atoms with Gasteiger partial charge in [-0.15, -0.1) is 0 Å². The van der Waals surface area contributed by atoms with Crippen LogP contribution < -0.4 is 0 Å². The van der Waals surface area contributed by atoms with Crippen molar-refractivity contribution in [2.45, 2.75) is 20.8 Å². The molecule has 0 radical (unpaired) electrons. The van der Waals surface area contributed by atoms with Gasteiger partial charge in [0, 0.05) is 0 Å². The molecule has 0 spiro atoms. The largest absolute Gasteiger partial charge is 0.454 e. The van der Waals surface area contributed by atoms with Crippen LogP contribution in [0.25, 0.3) is 0 Å². The fraction of sp³-hybridized carbons (Fsp3) is 0.400. The summed E-state index contributed by atoms with van der Waals surface area (Å²) in [4.78, 5) is 0. The first-order chi connectivity index (χ1) is 5.88. The van der Waals surface area contributed by atoms with Gasteiger partial charge >= 0.3 is 0 Å². The highest BCUT2D eigenvalue weighted by Crippen LogP contribution is 2.19. The summed E-state index contributed by atoms with van der Waals surface area (Å²) in [5.74, 6) is 1.55. The number of rotatable bonds is 1. The highest BCUT2D eigenvalue weighted by Gasteiger charge is 2.13. The number of ether oxygens (including phenoxy) is 2. The molecule has 1 aliphatic heterocycles. The molecule has 0 unspecified atom stereocenters. The van der Waals surface area contributed by atoms with E-state index in [-0.39, 0.29) is 0 Å². The van der Waals surface area contributed by atoms with Crippen LogP contribution in [0.3, 0.4) is 0 Å².